The molecule has 2 aromatic rings. The predicted octanol–water partition coefficient (Wildman–Crippen LogP) is 4.98. The average Bonchev–Trinajstić information content (AvgIpc) is 2.70. The van der Waals surface area contributed by atoms with Crippen LogP contribution in [0.2, 0.25) is 0 Å². The van der Waals surface area contributed by atoms with Gasteiger partial charge in [-0.15, -0.1) is 0 Å². The fraction of sp³-hybridized carbons (Fsp3) is 0.391. The Balaban J connectivity index is 2.34. The van der Waals surface area contributed by atoms with Gasteiger partial charge in [0.1, 0.15) is 0 Å². The molecule has 0 bridgehead atoms. The van der Waals surface area contributed by atoms with Gasteiger partial charge < -0.3 is 14.2 Å². The van der Waals surface area contributed by atoms with E-state index in [1.807, 2.05) is 12.1 Å². The zero-order valence-corrected chi connectivity index (χ0v) is 17.3. The number of methoxy groups -OCH3 is 3. The van der Waals surface area contributed by atoms with Gasteiger partial charge in [0.25, 0.3) is 0 Å². The van der Waals surface area contributed by atoms with E-state index in [1.165, 1.54) is 5.56 Å². The van der Waals surface area contributed by atoms with Crippen molar-refractivity contribution in [2.45, 2.75) is 25.3 Å². The lowest BCUT2D eigenvalue weighted by Gasteiger charge is -2.39. The Kier molecular flexibility index (Phi) is 7.31. The third-order valence-electron chi connectivity index (χ3n) is 5.20. The molecule has 0 heterocycles. The minimum atomic E-state index is -0.0433. The van der Waals surface area contributed by atoms with Gasteiger partial charge in [-0.05, 0) is 50.2 Å². The summed E-state index contributed by atoms with van der Waals surface area (Å²) >= 11 is 0. The van der Waals surface area contributed by atoms with E-state index < -0.39 is 0 Å². The fourth-order valence-electron chi connectivity index (χ4n) is 3.56. The molecule has 0 aliphatic heterocycles. The first-order valence-electron chi connectivity index (χ1n) is 9.22. The molecule has 146 valence electrons. The predicted molar refractivity (Wildman–Crippen MR) is 112 cm³/mol. The van der Waals surface area contributed by atoms with E-state index in [-0.39, 0.29) is 5.54 Å². The summed E-state index contributed by atoms with van der Waals surface area (Å²) in [6.45, 7) is 2.24. The number of nitrogens with zero attached hydrogens (tertiary/aromatic N) is 1. The van der Waals surface area contributed by atoms with Gasteiger partial charge in [0.2, 0.25) is 5.75 Å². The van der Waals surface area contributed by atoms with Crippen LogP contribution in [0.3, 0.4) is 0 Å². The highest BCUT2D eigenvalue weighted by Gasteiger charge is 2.31. The third kappa shape index (κ3) is 4.45. The Morgan fingerprint density at radius 2 is 1.52 bits per heavy atom. The van der Waals surface area contributed by atoms with E-state index in [0.717, 1.165) is 18.4 Å². The van der Waals surface area contributed by atoms with Crippen molar-refractivity contribution in [3.63, 3.8) is 0 Å². The van der Waals surface area contributed by atoms with Crippen LogP contribution in [0.15, 0.2) is 48.5 Å². The first-order chi connectivity index (χ1) is 13.0. The Bertz CT molecular complexity index is 730. The molecule has 0 N–H and O–H groups in total. The van der Waals surface area contributed by atoms with Crippen LogP contribution in [0.4, 0.5) is 0 Å². The number of benzene rings is 2. The molecule has 0 aromatic heterocycles. The number of hydrogen-bond acceptors (Lipinski definition) is 4. The molecule has 0 fully saturated rings. The first kappa shape index (κ1) is 20.8. The van der Waals surface area contributed by atoms with E-state index >= 15 is 0 Å². The molecule has 0 aliphatic rings. The normalized spacial score (nSPS) is 13.6. The van der Waals surface area contributed by atoms with Crippen LogP contribution in [0.25, 0.3) is 6.08 Å². The van der Waals surface area contributed by atoms with Gasteiger partial charge in [-0.1, -0.05) is 49.4 Å². The molecule has 0 aliphatic carbocycles. The number of rotatable bonds is 9. The second kappa shape index (κ2) is 9.47. The van der Waals surface area contributed by atoms with Crippen molar-refractivity contribution < 1.29 is 14.2 Å². The molecule has 2 aromatic carbocycles. The maximum atomic E-state index is 5.45. The minimum Gasteiger partial charge on any atom is -0.493 e. The zero-order chi connectivity index (χ0) is 19.9. The quantitative estimate of drug-likeness (QED) is 0.623. The maximum absolute atomic E-state index is 5.45. The molecule has 0 amide bonds. The summed E-state index contributed by atoms with van der Waals surface area (Å²) in [5, 5.41) is 0. The Labute approximate surface area is 163 Å². The zero-order valence-electron chi connectivity index (χ0n) is 17.3. The van der Waals surface area contributed by atoms with Crippen molar-refractivity contribution in [3.05, 3.63) is 59.7 Å². The van der Waals surface area contributed by atoms with Crippen molar-refractivity contribution in [1.82, 2.24) is 4.90 Å². The lowest BCUT2D eigenvalue weighted by atomic mass is 9.82. The minimum absolute atomic E-state index is 0.0433. The van der Waals surface area contributed by atoms with E-state index in [1.54, 1.807) is 21.3 Å². The lowest BCUT2D eigenvalue weighted by Crippen LogP contribution is -2.40. The number of hydrogen-bond donors (Lipinski definition) is 0. The average molecular weight is 370 g/mol. The monoisotopic (exact) mass is 369 g/mol. The van der Waals surface area contributed by atoms with E-state index in [0.29, 0.717) is 17.2 Å². The summed E-state index contributed by atoms with van der Waals surface area (Å²) in [4.78, 5) is 2.31. The molecular weight excluding hydrogens is 338 g/mol. The van der Waals surface area contributed by atoms with Gasteiger partial charge >= 0.3 is 0 Å². The van der Waals surface area contributed by atoms with Crippen LogP contribution in [-0.4, -0.2) is 40.3 Å². The standard InChI is InChI=1S/C23H31NO3/c1-7-23(24(2)3,19-13-9-8-10-14-19)15-11-12-18-16-20(25-4)22(27-6)21(17-18)26-5/h8-14,16-17H,7,15H2,1-6H3. The molecule has 4 heteroatoms. The van der Waals surface area contributed by atoms with Crippen LogP contribution in [0, 0.1) is 0 Å². The van der Waals surface area contributed by atoms with Crippen LogP contribution >= 0.6 is 0 Å². The molecular formula is C23H31NO3. The summed E-state index contributed by atoms with van der Waals surface area (Å²) in [5.74, 6) is 1.93. The lowest BCUT2D eigenvalue weighted by molar-refractivity contribution is 0.148. The van der Waals surface area contributed by atoms with Crippen LogP contribution in [0.5, 0.6) is 17.2 Å². The van der Waals surface area contributed by atoms with E-state index in [2.05, 4.69) is 68.4 Å². The van der Waals surface area contributed by atoms with Gasteiger partial charge in [0, 0.05) is 5.54 Å². The molecule has 1 atom stereocenters. The topological polar surface area (TPSA) is 30.9 Å². The molecule has 0 saturated heterocycles. The smallest absolute Gasteiger partial charge is 0.203 e. The molecule has 4 nitrogen and oxygen atoms in total. The molecule has 0 radical (unpaired) electrons. The molecule has 1 unspecified atom stereocenters. The summed E-state index contributed by atoms with van der Waals surface area (Å²) in [5.41, 5.74) is 2.30. The summed E-state index contributed by atoms with van der Waals surface area (Å²) in [6, 6.07) is 14.6. The fourth-order valence-corrected chi connectivity index (χ4v) is 3.56. The highest BCUT2D eigenvalue weighted by atomic mass is 16.5. The largest absolute Gasteiger partial charge is 0.493 e. The number of ether oxygens (including phenoxy) is 3. The van der Waals surface area contributed by atoms with Gasteiger partial charge in [-0.2, -0.15) is 0 Å². The second-order valence-corrected chi connectivity index (χ2v) is 6.71. The van der Waals surface area contributed by atoms with Gasteiger partial charge in [0.05, 0.1) is 21.3 Å². The van der Waals surface area contributed by atoms with Crippen LogP contribution in [0.1, 0.15) is 30.9 Å². The molecule has 0 saturated carbocycles. The van der Waals surface area contributed by atoms with Crippen molar-refractivity contribution in [2.24, 2.45) is 0 Å². The first-order valence-corrected chi connectivity index (χ1v) is 9.22. The van der Waals surface area contributed by atoms with Crippen molar-refractivity contribution >= 4 is 6.08 Å². The SMILES string of the molecule is CCC(CC=Cc1cc(OC)c(OC)c(OC)c1)(c1ccccc1)N(C)C. The van der Waals surface area contributed by atoms with Crippen molar-refractivity contribution in [2.75, 3.05) is 35.4 Å². The van der Waals surface area contributed by atoms with Gasteiger partial charge in [-0.25, -0.2) is 0 Å². The molecule has 27 heavy (non-hydrogen) atoms. The van der Waals surface area contributed by atoms with E-state index in [9.17, 15) is 0 Å². The Hall–Kier alpha value is -2.46. The molecule has 2 rings (SSSR count). The summed E-state index contributed by atoms with van der Waals surface area (Å²) in [7, 11) is 9.17. The Morgan fingerprint density at radius 1 is 0.926 bits per heavy atom. The molecule has 0 spiro atoms. The van der Waals surface area contributed by atoms with Crippen molar-refractivity contribution in [3.8, 4) is 17.2 Å². The second-order valence-electron chi connectivity index (χ2n) is 6.71. The van der Waals surface area contributed by atoms with Crippen molar-refractivity contribution in [1.29, 1.82) is 0 Å². The van der Waals surface area contributed by atoms with Crippen LogP contribution < -0.4 is 14.2 Å². The summed E-state index contributed by atoms with van der Waals surface area (Å²) < 4.78 is 16.3. The van der Waals surface area contributed by atoms with Gasteiger partial charge in [0.15, 0.2) is 11.5 Å². The van der Waals surface area contributed by atoms with Crippen LogP contribution in [-0.2, 0) is 5.54 Å². The highest BCUT2D eigenvalue weighted by molar-refractivity contribution is 5.62. The highest BCUT2D eigenvalue weighted by Crippen LogP contribution is 2.39. The summed E-state index contributed by atoms with van der Waals surface area (Å²) in [6.07, 6.45) is 6.25. The van der Waals surface area contributed by atoms with Gasteiger partial charge in [-0.3, -0.25) is 4.90 Å². The Morgan fingerprint density at radius 3 is 1.96 bits per heavy atom. The maximum Gasteiger partial charge on any atom is 0.203 e. The third-order valence-corrected chi connectivity index (χ3v) is 5.20. The van der Waals surface area contributed by atoms with E-state index in [4.69, 9.17) is 14.2 Å².